The molecule has 0 saturated carbocycles. The zero-order chi connectivity index (χ0) is 21.5. The van der Waals surface area contributed by atoms with E-state index >= 15 is 0 Å². The van der Waals surface area contributed by atoms with Gasteiger partial charge in [0.15, 0.2) is 6.29 Å². The minimum Gasteiger partial charge on any atom is -0.508 e. The molecule has 0 radical (unpaired) electrons. The van der Waals surface area contributed by atoms with Gasteiger partial charge in [-0.3, -0.25) is 0 Å². The summed E-state index contributed by atoms with van der Waals surface area (Å²) in [6.45, 7) is 2.00. The molecule has 0 amide bonds. The van der Waals surface area contributed by atoms with Gasteiger partial charge in [-0.05, 0) is 54.2 Å². The van der Waals surface area contributed by atoms with Crippen molar-refractivity contribution >= 4 is 11.6 Å². The van der Waals surface area contributed by atoms with Crippen LogP contribution in [0.2, 0.25) is 5.02 Å². The van der Waals surface area contributed by atoms with Crippen molar-refractivity contribution in [1.29, 1.82) is 0 Å². The maximum atomic E-state index is 10.3. The van der Waals surface area contributed by atoms with Gasteiger partial charge in [0.1, 0.15) is 18.0 Å². The molecule has 2 heterocycles. The van der Waals surface area contributed by atoms with E-state index in [0.717, 1.165) is 29.9 Å². The lowest BCUT2D eigenvalue weighted by Gasteiger charge is -2.36. The Kier molecular flexibility index (Phi) is 8.50. The Morgan fingerprint density at radius 1 is 1.03 bits per heavy atom. The van der Waals surface area contributed by atoms with Crippen LogP contribution >= 0.6 is 11.6 Å². The number of hydrogen-bond acceptors (Lipinski definition) is 6. The van der Waals surface area contributed by atoms with Crippen molar-refractivity contribution in [3.05, 3.63) is 64.2 Å². The Morgan fingerprint density at radius 2 is 1.73 bits per heavy atom. The normalized spacial score (nSPS) is 26.1. The van der Waals surface area contributed by atoms with Crippen LogP contribution in [-0.2, 0) is 20.6 Å². The van der Waals surface area contributed by atoms with Crippen molar-refractivity contribution in [2.45, 2.75) is 50.3 Å². The molecule has 0 bridgehead atoms. The van der Waals surface area contributed by atoms with Gasteiger partial charge >= 0.3 is 0 Å². The maximum absolute atomic E-state index is 10.3. The third kappa shape index (κ3) is 6.17. The van der Waals surface area contributed by atoms with Crippen LogP contribution < -0.4 is 0 Å². The smallest absolute Gasteiger partial charge is 0.184 e. The predicted molar refractivity (Wildman–Crippen MR) is 114 cm³/mol. The number of aliphatic hydroxyl groups excluding tert-OH is 2. The predicted octanol–water partition coefficient (Wildman–Crippen LogP) is 3.59. The lowest BCUT2D eigenvalue weighted by Crippen LogP contribution is -2.43. The topological polar surface area (TPSA) is 88.4 Å². The number of rotatable bonds is 4. The Hall–Kier alpha value is -1.67. The summed E-state index contributed by atoms with van der Waals surface area (Å²) in [5.74, 6) is 0.214. The van der Waals surface area contributed by atoms with Gasteiger partial charge < -0.3 is 29.5 Å². The Labute approximate surface area is 182 Å². The van der Waals surface area contributed by atoms with Crippen LogP contribution in [0.5, 0.6) is 5.75 Å². The van der Waals surface area contributed by atoms with E-state index in [1.807, 2.05) is 18.2 Å². The molecule has 4 rings (SSSR count). The highest BCUT2D eigenvalue weighted by atomic mass is 35.5. The Morgan fingerprint density at radius 3 is 2.33 bits per heavy atom. The highest BCUT2D eigenvalue weighted by molar-refractivity contribution is 6.31. The quantitative estimate of drug-likeness (QED) is 0.678. The minimum atomic E-state index is -0.861. The van der Waals surface area contributed by atoms with Crippen molar-refractivity contribution < 1.29 is 29.5 Å². The fourth-order valence-corrected chi connectivity index (χ4v) is 3.76. The summed E-state index contributed by atoms with van der Waals surface area (Å²) in [6.07, 6.45) is 0.267. The first kappa shape index (κ1) is 23.0. The molecule has 2 aliphatic heterocycles. The number of aliphatic hydroxyl groups is 2. The van der Waals surface area contributed by atoms with E-state index in [1.165, 1.54) is 20.0 Å². The van der Waals surface area contributed by atoms with Crippen molar-refractivity contribution in [3.63, 3.8) is 0 Å². The van der Waals surface area contributed by atoms with Gasteiger partial charge in [0.2, 0.25) is 0 Å². The highest BCUT2D eigenvalue weighted by Crippen LogP contribution is 2.34. The highest BCUT2D eigenvalue weighted by Gasteiger charge is 2.37. The summed E-state index contributed by atoms with van der Waals surface area (Å²) in [6, 6.07) is 12.4. The monoisotopic (exact) mass is 436 g/mol. The minimum absolute atomic E-state index is 0.180. The first-order valence-corrected chi connectivity index (χ1v) is 10.5. The van der Waals surface area contributed by atoms with Gasteiger partial charge in [-0.2, -0.15) is 0 Å². The number of benzene rings is 2. The lowest BCUT2D eigenvalue weighted by molar-refractivity contribution is -0.258. The van der Waals surface area contributed by atoms with E-state index < -0.39 is 24.6 Å². The van der Waals surface area contributed by atoms with E-state index in [1.54, 1.807) is 24.3 Å². The van der Waals surface area contributed by atoms with Gasteiger partial charge in [-0.1, -0.05) is 35.9 Å². The molecule has 2 saturated heterocycles. The zero-order valence-corrected chi connectivity index (χ0v) is 17.8. The summed E-state index contributed by atoms with van der Waals surface area (Å²) in [5, 5.41) is 30.2. The van der Waals surface area contributed by atoms with E-state index in [0.29, 0.717) is 11.4 Å². The van der Waals surface area contributed by atoms with E-state index in [-0.39, 0.29) is 12.2 Å². The van der Waals surface area contributed by atoms with Crippen LogP contribution in [0.25, 0.3) is 0 Å². The maximum Gasteiger partial charge on any atom is 0.184 e. The largest absolute Gasteiger partial charge is 0.508 e. The van der Waals surface area contributed by atoms with Gasteiger partial charge in [-0.15, -0.1) is 0 Å². The fraction of sp³-hybridized carbons (Fsp3) is 0.478. The fourth-order valence-electron chi connectivity index (χ4n) is 3.57. The second-order valence-electron chi connectivity index (χ2n) is 7.54. The second-order valence-corrected chi connectivity index (χ2v) is 7.95. The molecule has 2 fully saturated rings. The third-order valence-electron chi connectivity index (χ3n) is 5.22. The van der Waals surface area contributed by atoms with Gasteiger partial charge in [-0.25, -0.2) is 0 Å². The summed E-state index contributed by atoms with van der Waals surface area (Å²) >= 11 is 6.31. The first-order valence-electron chi connectivity index (χ1n) is 10.2. The number of phenols is 1. The molecule has 30 heavy (non-hydrogen) atoms. The molecule has 3 unspecified atom stereocenters. The number of phenolic OH excluding ortho intramolecular Hbond substituents is 1. The third-order valence-corrected chi connectivity index (χ3v) is 5.58. The second kappa shape index (κ2) is 11.1. The molecule has 164 valence electrons. The van der Waals surface area contributed by atoms with Crippen LogP contribution in [0.15, 0.2) is 42.5 Å². The van der Waals surface area contributed by atoms with Crippen LogP contribution in [-0.4, -0.2) is 54.1 Å². The van der Waals surface area contributed by atoms with Crippen molar-refractivity contribution in [3.8, 4) is 5.75 Å². The molecule has 2 aliphatic rings. The van der Waals surface area contributed by atoms with Gasteiger partial charge in [0, 0.05) is 31.8 Å². The summed E-state index contributed by atoms with van der Waals surface area (Å²) in [7, 11) is 1.46. The van der Waals surface area contributed by atoms with Crippen molar-refractivity contribution in [1.82, 2.24) is 0 Å². The molecule has 7 heteroatoms. The van der Waals surface area contributed by atoms with Crippen LogP contribution in [0, 0.1) is 0 Å². The van der Waals surface area contributed by atoms with E-state index in [2.05, 4.69) is 0 Å². The molecule has 2 aromatic carbocycles. The molecule has 6 nitrogen and oxygen atoms in total. The van der Waals surface area contributed by atoms with Crippen LogP contribution in [0.1, 0.15) is 42.1 Å². The Bertz CT molecular complexity index is 785. The summed E-state index contributed by atoms with van der Waals surface area (Å²) in [4.78, 5) is 0. The average Bonchev–Trinajstić information content (AvgIpc) is 3.32. The standard InChI is InChI=1S/C19H21ClO5.C4H8O/c1-24-19-17(23)10-16(22)18(25-19)12-4-7-15(20)13(9-12)8-11-2-5-14(21)6-3-11;1-2-4-5-3-1/h2-7,9,16-19,21-23H,8,10H2,1H3;1-4H2/t16?,17?,18-,19?;/m0./s1. The Balaban J connectivity index is 0.000000448. The van der Waals surface area contributed by atoms with E-state index in [9.17, 15) is 15.3 Å². The number of hydrogen-bond donors (Lipinski definition) is 3. The lowest BCUT2D eigenvalue weighted by atomic mass is 9.94. The summed E-state index contributed by atoms with van der Waals surface area (Å²) in [5.41, 5.74) is 2.67. The SMILES string of the molecule is C1CCOC1.COC1O[C@@H](c2ccc(Cl)c(Cc3ccc(O)cc3)c2)C(O)CC1O. The first-order chi connectivity index (χ1) is 14.5. The molecule has 4 atom stereocenters. The molecule has 2 aromatic rings. The van der Waals surface area contributed by atoms with E-state index in [4.69, 9.17) is 25.8 Å². The molecule has 0 spiro atoms. The van der Waals surface area contributed by atoms with Crippen molar-refractivity contribution in [2.24, 2.45) is 0 Å². The van der Waals surface area contributed by atoms with Gasteiger partial charge in [0.25, 0.3) is 0 Å². The molecular formula is C23H29ClO6. The average molecular weight is 437 g/mol. The molecule has 0 aromatic heterocycles. The summed E-state index contributed by atoms with van der Waals surface area (Å²) < 4.78 is 15.8. The number of halogens is 1. The molecule has 0 aliphatic carbocycles. The molecular weight excluding hydrogens is 408 g/mol. The van der Waals surface area contributed by atoms with Crippen molar-refractivity contribution in [2.75, 3.05) is 20.3 Å². The van der Waals surface area contributed by atoms with Crippen LogP contribution in [0.3, 0.4) is 0 Å². The number of methoxy groups -OCH3 is 1. The zero-order valence-electron chi connectivity index (χ0n) is 17.0. The van der Waals surface area contributed by atoms with Crippen LogP contribution in [0.4, 0.5) is 0 Å². The number of ether oxygens (including phenoxy) is 3. The van der Waals surface area contributed by atoms with Gasteiger partial charge in [0.05, 0.1) is 6.10 Å². The number of aromatic hydroxyl groups is 1. The molecule has 3 N–H and O–H groups in total.